The molecule has 0 amide bonds. The van der Waals surface area contributed by atoms with Crippen LogP contribution in [0.1, 0.15) is 0 Å². The molecular formula is C21H15FN6O2. The average Bonchev–Trinajstić information content (AvgIpc) is 3.41. The zero-order chi connectivity index (χ0) is 20.5. The Morgan fingerprint density at radius 3 is 2.73 bits per heavy atom. The standard InChI is InChI=1S/C21H15FN6O2/c1-29-15-4-2-3-13(11-15)17-18-16(9-10-23-17)24-20(25-18)26-21-28-27-19(30-21)12-5-7-14(22)8-6-12/h2-11H,1H3,(H2,24,25,26,28). The number of H-pyrrole nitrogens is 1. The van der Waals surface area contributed by atoms with E-state index in [2.05, 4.69) is 30.5 Å². The summed E-state index contributed by atoms with van der Waals surface area (Å²) in [7, 11) is 1.62. The molecule has 0 bridgehead atoms. The number of benzene rings is 2. The van der Waals surface area contributed by atoms with Crippen molar-refractivity contribution in [1.82, 2.24) is 25.1 Å². The van der Waals surface area contributed by atoms with E-state index in [9.17, 15) is 4.39 Å². The van der Waals surface area contributed by atoms with E-state index in [0.29, 0.717) is 22.7 Å². The van der Waals surface area contributed by atoms with E-state index in [1.807, 2.05) is 30.3 Å². The van der Waals surface area contributed by atoms with E-state index in [0.717, 1.165) is 16.8 Å². The Balaban J connectivity index is 1.45. The Morgan fingerprint density at radius 2 is 1.90 bits per heavy atom. The van der Waals surface area contributed by atoms with Crippen molar-refractivity contribution in [1.29, 1.82) is 0 Å². The average molecular weight is 402 g/mol. The fraction of sp³-hybridized carbons (Fsp3) is 0.0476. The van der Waals surface area contributed by atoms with E-state index in [4.69, 9.17) is 9.15 Å². The number of anilines is 2. The largest absolute Gasteiger partial charge is 0.497 e. The highest BCUT2D eigenvalue weighted by Crippen LogP contribution is 2.29. The van der Waals surface area contributed by atoms with E-state index in [1.165, 1.54) is 12.1 Å². The smallest absolute Gasteiger partial charge is 0.322 e. The number of ether oxygens (including phenoxy) is 1. The number of nitrogens with zero attached hydrogens (tertiary/aromatic N) is 4. The van der Waals surface area contributed by atoms with Gasteiger partial charge in [-0.3, -0.25) is 10.3 Å². The maximum Gasteiger partial charge on any atom is 0.322 e. The SMILES string of the molecule is COc1cccc(-c2nccc3[nH]c(Nc4nnc(-c5ccc(F)cc5)o4)nc23)c1. The van der Waals surface area contributed by atoms with Gasteiger partial charge in [0.25, 0.3) is 0 Å². The minimum absolute atomic E-state index is 0.157. The zero-order valence-electron chi connectivity index (χ0n) is 15.8. The molecule has 5 rings (SSSR count). The van der Waals surface area contributed by atoms with Crippen molar-refractivity contribution >= 4 is 23.0 Å². The lowest BCUT2D eigenvalue weighted by Gasteiger charge is -2.04. The van der Waals surface area contributed by atoms with Crippen molar-refractivity contribution < 1.29 is 13.5 Å². The van der Waals surface area contributed by atoms with Gasteiger partial charge in [0, 0.05) is 17.3 Å². The van der Waals surface area contributed by atoms with Crippen molar-refractivity contribution in [2.45, 2.75) is 0 Å². The number of fused-ring (bicyclic) bond motifs is 1. The van der Waals surface area contributed by atoms with Crippen LogP contribution in [0.2, 0.25) is 0 Å². The van der Waals surface area contributed by atoms with E-state index < -0.39 is 0 Å². The number of hydrogen-bond donors (Lipinski definition) is 2. The number of nitrogens with one attached hydrogen (secondary N) is 2. The van der Waals surface area contributed by atoms with Gasteiger partial charge in [-0.15, -0.1) is 5.10 Å². The van der Waals surface area contributed by atoms with Gasteiger partial charge in [0.1, 0.15) is 17.1 Å². The second-order valence-electron chi connectivity index (χ2n) is 6.42. The van der Waals surface area contributed by atoms with Crippen LogP contribution in [0.4, 0.5) is 16.4 Å². The molecule has 0 saturated carbocycles. The predicted octanol–water partition coefficient (Wildman–Crippen LogP) is 4.57. The molecule has 0 aliphatic rings. The van der Waals surface area contributed by atoms with E-state index in [1.54, 1.807) is 25.4 Å². The summed E-state index contributed by atoms with van der Waals surface area (Å²) >= 11 is 0. The van der Waals surface area contributed by atoms with Crippen molar-refractivity contribution in [2.75, 3.05) is 12.4 Å². The van der Waals surface area contributed by atoms with Crippen LogP contribution in [-0.4, -0.2) is 32.3 Å². The molecule has 30 heavy (non-hydrogen) atoms. The van der Waals surface area contributed by atoms with Gasteiger partial charge in [-0.2, -0.15) is 0 Å². The van der Waals surface area contributed by atoms with Gasteiger partial charge in [-0.1, -0.05) is 17.2 Å². The summed E-state index contributed by atoms with van der Waals surface area (Å²) < 4.78 is 24.0. The number of aromatic nitrogens is 5. The third kappa shape index (κ3) is 3.32. The second-order valence-corrected chi connectivity index (χ2v) is 6.42. The third-order valence-electron chi connectivity index (χ3n) is 4.49. The predicted molar refractivity (Wildman–Crippen MR) is 109 cm³/mol. The van der Waals surface area contributed by atoms with E-state index >= 15 is 0 Å². The third-order valence-corrected chi connectivity index (χ3v) is 4.49. The summed E-state index contributed by atoms with van der Waals surface area (Å²) in [5, 5.41) is 10.9. The highest BCUT2D eigenvalue weighted by molar-refractivity contribution is 5.91. The molecule has 0 aliphatic carbocycles. The van der Waals surface area contributed by atoms with Gasteiger partial charge in [-0.05, 0) is 42.5 Å². The Labute approximate surface area is 169 Å². The second kappa shape index (κ2) is 7.28. The fourth-order valence-corrected chi connectivity index (χ4v) is 3.06. The van der Waals surface area contributed by atoms with Gasteiger partial charge in [0.05, 0.1) is 18.3 Å². The molecule has 2 aromatic carbocycles. The highest BCUT2D eigenvalue weighted by atomic mass is 19.1. The first kappa shape index (κ1) is 17.8. The Bertz CT molecular complexity index is 1330. The molecule has 3 aromatic heterocycles. The number of rotatable bonds is 5. The quantitative estimate of drug-likeness (QED) is 0.444. The molecule has 8 nitrogen and oxygen atoms in total. The molecule has 5 aromatic rings. The van der Waals surface area contributed by atoms with Gasteiger partial charge < -0.3 is 14.1 Å². The Kier molecular flexibility index (Phi) is 4.32. The van der Waals surface area contributed by atoms with Crippen LogP contribution in [0.5, 0.6) is 5.75 Å². The lowest BCUT2D eigenvalue weighted by Crippen LogP contribution is -1.92. The summed E-state index contributed by atoms with van der Waals surface area (Å²) in [5.41, 5.74) is 3.70. The lowest BCUT2D eigenvalue weighted by molar-refractivity contribution is 0.415. The molecule has 0 atom stereocenters. The molecule has 3 heterocycles. The van der Waals surface area contributed by atoms with Crippen molar-refractivity contribution in [3.05, 3.63) is 66.6 Å². The molecule has 0 saturated heterocycles. The maximum absolute atomic E-state index is 13.1. The van der Waals surface area contributed by atoms with Crippen LogP contribution in [0, 0.1) is 5.82 Å². The van der Waals surface area contributed by atoms with Crippen molar-refractivity contribution in [2.24, 2.45) is 0 Å². The minimum Gasteiger partial charge on any atom is -0.497 e. The van der Waals surface area contributed by atoms with E-state index in [-0.39, 0.29) is 17.7 Å². The molecule has 0 aliphatic heterocycles. The zero-order valence-corrected chi connectivity index (χ0v) is 15.8. The molecule has 0 unspecified atom stereocenters. The summed E-state index contributed by atoms with van der Waals surface area (Å²) in [6, 6.07) is 15.4. The van der Waals surface area contributed by atoms with Gasteiger partial charge in [-0.25, -0.2) is 9.37 Å². The first-order chi connectivity index (χ1) is 14.7. The maximum atomic E-state index is 13.1. The number of imidazole rings is 1. The topological polar surface area (TPSA) is 102 Å². The van der Waals surface area contributed by atoms with Gasteiger partial charge in [0.15, 0.2) is 0 Å². The first-order valence-electron chi connectivity index (χ1n) is 9.05. The van der Waals surface area contributed by atoms with Gasteiger partial charge in [0.2, 0.25) is 11.8 Å². The van der Waals surface area contributed by atoms with Gasteiger partial charge >= 0.3 is 6.01 Å². The number of pyridine rings is 1. The van der Waals surface area contributed by atoms with Crippen LogP contribution in [-0.2, 0) is 0 Å². The van der Waals surface area contributed by atoms with Crippen molar-refractivity contribution in [3.8, 4) is 28.5 Å². The molecule has 148 valence electrons. The fourth-order valence-electron chi connectivity index (χ4n) is 3.06. The minimum atomic E-state index is -0.334. The molecule has 0 fully saturated rings. The normalized spacial score (nSPS) is 11.0. The van der Waals surface area contributed by atoms with Crippen LogP contribution in [0.15, 0.2) is 65.2 Å². The monoisotopic (exact) mass is 402 g/mol. The highest BCUT2D eigenvalue weighted by Gasteiger charge is 2.14. The summed E-state index contributed by atoms with van der Waals surface area (Å²) in [4.78, 5) is 12.2. The van der Waals surface area contributed by atoms with Crippen LogP contribution < -0.4 is 10.1 Å². The number of hydrogen-bond acceptors (Lipinski definition) is 7. The number of methoxy groups -OCH3 is 1. The van der Waals surface area contributed by atoms with Crippen LogP contribution in [0.25, 0.3) is 33.7 Å². The molecular weight excluding hydrogens is 387 g/mol. The van der Waals surface area contributed by atoms with Crippen LogP contribution >= 0.6 is 0 Å². The summed E-state index contributed by atoms with van der Waals surface area (Å²) in [6.07, 6.45) is 1.71. The molecule has 9 heteroatoms. The summed E-state index contributed by atoms with van der Waals surface area (Å²) in [6.45, 7) is 0. The number of halogens is 1. The molecule has 0 radical (unpaired) electrons. The Hall–Kier alpha value is -4.27. The summed E-state index contributed by atoms with van der Waals surface area (Å²) in [5.74, 6) is 1.10. The van der Waals surface area contributed by atoms with Crippen molar-refractivity contribution in [3.63, 3.8) is 0 Å². The van der Waals surface area contributed by atoms with Crippen LogP contribution in [0.3, 0.4) is 0 Å². The lowest BCUT2D eigenvalue weighted by atomic mass is 10.1. The molecule has 2 N–H and O–H groups in total. The molecule has 0 spiro atoms. The Morgan fingerprint density at radius 1 is 1.03 bits per heavy atom. The number of aromatic amines is 1. The first-order valence-corrected chi connectivity index (χ1v) is 9.05.